The summed E-state index contributed by atoms with van der Waals surface area (Å²) in [6, 6.07) is 0. The summed E-state index contributed by atoms with van der Waals surface area (Å²) in [7, 11) is 0. The van der Waals surface area contributed by atoms with Crippen molar-refractivity contribution >= 4 is 5.97 Å². The first-order chi connectivity index (χ1) is 7.88. The van der Waals surface area contributed by atoms with Gasteiger partial charge < -0.3 is 9.84 Å². The van der Waals surface area contributed by atoms with Crippen LogP contribution in [0.15, 0.2) is 0 Å². The molecule has 1 aliphatic carbocycles. The minimum Gasteiger partial charge on any atom is -0.457 e. The monoisotopic (exact) mass is 242 g/mol. The molecule has 1 atom stereocenters. The number of aliphatic hydroxyl groups excluding tert-OH is 1. The molecule has 100 valence electrons. The zero-order chi connectivity index (χ0) is 13.1. The molecule has 1 unspecified atom stereocenters. The van der Waals surface area contributed by atoms with Crippen LogP contribution in [0.25, 0.3) is 0 Å². The maximum absolute atomic E-state index is 11.6. The first-order valence-electron chi connectivity index (χ1n) is 6.79. The number of hydrogen-bond donors (Lipinski definition) is 1. The summed E-state index contributed by atoms with van der Waals surface area (Å²) in [6.07, 6.45) is 3.52. The molecule has 0 amide bonds. The predicted molar refractivity (Wildman–Crippen MR) is 67.6 cm³/mol. The quantitative estimate of drug-likeness (QED) is 0.771. The molecule has 1 fully saturated rings. The molecule has 1 aliphatic rings. The highest BCUT2D eigenvalue weighted by Crippen LogP contribution is 2.37. The Labute approximate surface area is 105 Å². The Kier molecular flexibility index (Phi) is 4.99. The van der Waals surface area contributed by atoms with Crippen molar-refractivity contribution in [1.29, 1.82) is 0 Å². The third-order valence-corrected chi connectivity index (χ3v) is 4.04. The van der Waals surface area contributed by atoms with Crippen LogP contribution < -0.4 is 0 Å². The number of carbonyl (C=O) groups is 1. The van der Waals surface area contributed by atoms with E-state index in [1.807, 2.05) is 6.92 Å². The van der Waals surface area contributed by atoms with E-state index in [4.69, 9.17) is 4.74 Å². The Bertz CT molecular complexity index is 252. The summed E-state index contributed by atoms with van der Waals surface area (Å²) in [6.45, 7) is 8.27. The predicted octanol–water partition coefficient (Wildman–Crippen LogP) is 2.91. The molecule has 1 saturated carbocycles. The Morgan fingerprint density at radius 2 is 1.94 bits per heavy atom. The van der Waals surface area contributed by atoms with Crippen molar-refractivity contribution in [2.24, 2.45) is 11.8 Å². The van der Waals surface area contributed by atoms with E-state index in [1.165, 1.54) is 0 Å². The molecule has 0 bridgehead atoms. The van der Waals surface area contributed by atoms with Crippen molar-refractivity contribution in [1.82, 2.24) is 0 Å². The first kappa shape index (κ1) is 14.5. The molecule has 0 aromatic carbocycles. The summed E-state index contributed by atoms with van der Waals surface area (Å²) in [5, 5.41) is 9.44. The molecule has 3 nitrogen and oxygen atoms in total. The summed E-state index contributed by atoms with van der Waals surface area (Å²) in [4.78, 5) is 11.6. The van der Waals surface area contributed by atoms with Gasteiger partial charge in [0.2, 0.25) is 0 Å². The second kappa shape index (κ2) is 5.85. The zero-order valence-corrected chi connectivity index (χ0v) is 11.5. The van der Waals surface area contributed by atoms with Gasteiger partial charge in [0.1, 0.15) is 5.60 Å². The van der Waals surface area contributed by atoms with E-state index in [1.54, 1.807) is 6.92 Å². The molecule has 0 aromatic rings. The minimum absolute atomic E-state index is 0.362. The van der Waals surface area contributed by atoms with Crippen LogP contribution in [0.1, 0.15) is 59.8 Å². The molecule has 0 radical (unpaired) electrons. The molecule has 0 aliphatic heterocycles. The fourth-order valence-electron chi connectivity index (χ4n) is 2.50. The van der Waals surface area contributed by atoms with Gasteiger partial charge in [0.25, 0.3) is 0 Å². The lowest BCUT2D eigenvalue weighted by molar-refractivity contribution is -0.172. The van der Waals surface area contributed by atoms with Crippen LogP contribution in [0.5, 0.6) is 0 Å². The lowest BCUT2D eigenvalue weighted by Gasteiger charge is -2.38. The van der Waals surface area contributed by atoms with Crippen LogP contribution in [0.4, 0.5) is 0 Å². The van der Waals surface area contributed by atoms with Gasteiger partial charge in [-0.25, -0.2) is 4.79 Å². The largest absolute Gasteiger partial charge is 0.457 e. The van der Waals surface area contributed by atoms with Crippen LogP contribution in [0.2, 0.25) is 0 Å². The second-order valence-corrected chi connectivity index (χ2v) is 5.88. The van der Waals surface area contributed by atoms with E-state index in [9.17, 15) is 9.90 Å². The number of rotatable bonds is 4. The van der Waals surface area contributed by atoms with Crippen molar-refractivity contribution in [3.63, 3.8) is 0 Å². The summed E-state index contributed by atoms with van der Waals surface area (Å²) in [5.41, 5.74) is -0.362. The van der Waals surface area contributed by atoms with Crippen molar-refractivity contribution < 1.29 is 14.6 Å². The fourth-order valence-corrected chi connectivity index (χ4v) is 2.50. The lowest BCUT2D eigenvalue weighted by Crippen LogP contribution is -2.39. The fraction of sp³-hybridized carbons (Fsp3) is 0.929. The van der Waals surface area contributed by atoms with Crippen LogP contribution in [-0.4, -0.2) is 22.8 Å². The third kappa shape index (κ3) is 3.98. The molecular formula is C14H26O3. The lowest BCUT2D eigenvalue weighted by atomic mass is 9.75. The molecule has 17 heavy (non-hydrogen) atoms. The number of carbonyl (C=O) groups excluding carboxylic acids is 1. The zero-order valence-electron chi connectivity index (χ0n) is 11.5. The van der Waals surface area contributed by atoms with Gasteiger partial charge in [-0.15, -0.1) is 0 Å². The maximum atomic E-state index is 11.6. The molecule has 0 saturated heterocycles. The molecule has 0 heterocycles. The van der Waals surface area contributed by atoms with Crippen molar-refractivity contribution in [2.75, 3.05) is 0 Å². The van der Waals surface area contributed by atoms with E-state index in [0.717, 1.165) is 31.6 Å². The van der Waals surface area contributed by atoms with Crippen molar-refractivity contribution in [3.05, 3.63) is 0 Å². The van der Waals surface area contributed by atoms with Gasteiger partial charge in [-0.05, 0) is 50.9 Å². The van der Waals surface area contributed by atoms with Gasteiger partial charge in [0.05, 0.1) is 0 Å². The van der Waals surface area contributed by atoms with Crippen LogP contribution in [0.3, 0.4) is 0 Å². The van der Waals surface area contributed by atoms with Crippen molar-refractivity contribution in [2.45, 2.75) is 71.5 Å². The Morgan fingerprint density at radius 1 is 1.41 bits per heavy atom. The maximum Gasteiger partial charge on any atom is 0.335 e. The highest BCUT2D eigenvalue weighted by Gasteiger charge is 2.36. The molecule has 0 spiro atoms. The molecule has 3 heteroatoms. The Morgan fingerprint density at radius 3 is 2.35 bits per heavy atom. The van der Waals surface area contributed by atoms with E-state index >= 15 is 0 Å². The standard InChI is InChI=1S/C14H26O3/c1-5-12(15)13(16)17-14(4)8-6-11(7-9-14)10(2)3/h10-12,15H,5-9H2,1-4H3. The Hall–Kier alpha value is -0.570. The molecular weight excluding hydrogens is 216 g/mol. The summed E-state index contributed by atoms with van der Waals surface area (Å²) in [5.74, 6) is 0.993. The number of esters is 1. The van der Waals surface area contributed by atoms with E-state index in [-0.39, 0.29) is 5.60 Å². The van der Waals surface area contributed by atoms with Gasteiger partial charge in [-0.3, -0.25) is 0 Å². The average molecular weight is 242 g/mol. The summed E-state index contributed by atoms with van der Waals surface area (Å²) >= 11 is 0. The van der Waals surface area contributed by atoms with Gasteiger partial charge >= 0.3 is 5.97 Å². The molecule has 0 aromatic heterocycles. The smallest absolute Gasteiger partial charge is 0.335 e. The Balaban J connectivity index is 2.47. The highest BCUT2D eigenvalue weighted by molar-refractivity contribution is 5.74. The van der Waals surface area contributed by atoms with Crippen LogP contribution in [-0.2, 0) is 9.53 Å². The van der Waals surface area contributed by atoms with Crippen LogP contribution >= 0.6 is 0 Å². The highest BCUT2D eigenvalue weighted by atomic mass is 16.6. The number of aliphatic hydroxyl groups is 1. The minimum atomic E-state index is -0.963. The van der Waals surface area contributed by atoms with E-state index in [0.29, 0.717) is 12.3 Å². The van der Waals surface area contributed by atoms with Crippen molar-refractivity contribution in [3.8, 4) is 0 Å². The van der Waals surface area contributed by atoms with Gasteiger partial charge in [0.15, 0.2) is 6.10 Å². The molecule has 1 N–H and O–H groups in total. The second-order valence-electron chi connectivity index (χ2n) is 5.88. The van der Waals surface area contributed by atoms with Gasteiger partial charge in [-0.1, -0.05) is 20.8 Å². The number of ether oxygens (including phenoxy) is 1. The van der Waals surface area contributed by atoms with Crippen LogP contribution in [0, 0.1) is 11.8 Å². The molecule has 1 rings (SSSR count). The third-order valence-electron chi connectivity index (χ3n) is 4.04. The van der Waals surface area contributed by atoms with E-state index < -0.39 is 12.1 Å². The SMILES string of the molecule is CCC(O)C(=O)OC1(C)CCC(C(C)C)CC1. The number of hydrogen-bond acceptors (Lipinski definition) is 3. The van der Waals surface area contributed by atoms with E-state index in [2.05, 4.69) is 13.8 Å². The van der Waals surface area contributed by atoms with Gasteiger partial charge in [0, 0.05) is 0 Å². The topological polar surface area (TPSA) is 46.5 Å². The van der Waals surface area contributed by atoms with Gasteiger partial charge in [-0.2, -0.15) is 0 Å². The summed E-state index contributed by atoms with van der Waals surface area (Å²) < 4.78 is 5.47. The normalized spacial score (nSPS) is 31.3. The average Bonchev–Trinajstić information content (AvgIpc) is 2.27. The first-order valence-corrected chi connectivity index (χ1v) is 6.79.